The molecule has 0 aromatic heterocycles. The summed E-state index contributed by atoms with van der Waals surface area (Å²) in [6.07, 6.45) is 0. The number of ether oxygens (including phenoxy) is 1. The Bertz CT molecular complexity index is 422. The lowest BCUT2D eigenvalue weighted by molar-refractivity contribution is -0.117. The van der Waals surface area contributed by atoms with Crippen LogP contribution >= 0.6 is 23.4 Å². The fourth-order valence-electron chi connectivity index (χ4n) is 1.56. The molecular formula is C11H13ClN2O2S. The van der Waals surface area contributed by atoms with Crippen molar-refractivity contribution in [2.75, 3.05) is 24.1 Å². The summed E-state index contributed by atoms with van der Waals surface area (Å²) in [6, 6.07) is 4.98. The highest BCUT2D eigenvalue weighted by atomic mass is 35.5. The van der Waals surface area contributed by atoms with E-state index in [4.69, 9.17) is 16.3 Å². The van der Waals surface area contributed by atoms with Crippen molar-refractivity contribution in [2.45, 2.75) is 6.04 Å². The molecule has 6 heteroatoms. The molecule has 2 N–H and O–H groups in total. The molecule has 1 amide bonds. The molecule has 2 rings (SSSR count). The molecule has 1 saturated heterocycles. The van der Waals surface area contributed by atoms with Gasteiger partial charge in [0.1, 0.15) is 5.75 Å². The largest absolute Gasteiger partial charge is 0.495 e. The highest BCUT2D eigenvalue weighted by molar-refractivity contribution is 7.99. The van der Waals surface area contributed by atoms with Gasteiger partial charge in [0.25, 0.3) is 0 Å². The van der Waals surface area contributed by atoms with Crippen LogP contribution in [0.1, 0.15) is 0 Å². The number of carbonyl (C=O) groups is 1. The SMILES string of the molecule is COc1ccc(Cl)cc1NC(=O)C1CSCN1. The van der Waals surface area contributed by atoms with Crippen molar-refractivity contribution >= 4 is 35.0 Å². The van der Waals surface area contributed by atoms with Crippen LogP contribution in [0.4, 0.5) is 5.69 Å². The molecule has 0 bridgehead atoms. The highest BCUT2D eigenvalue weighted by Gasteiger charge is 2.23. The first-order valence-electron chi connectivity index (χ1n) is 5.16. The van der Waals surface area contributed by atoms with Gasteiger partial charge in [0.15, 0.2) is 0 Å². The zero-order valence-corrected chi connectivity index (χ0v) is 10.9. The second-order valence-corrected chi connectivity index (χ2v) is 5.07. The summed E-state index contributed by atoms with van der Waals surface area (Å²) >= 11 is 7.60. The zero-order valence-electron chi connectivity index (χ0n) is 9.33. The molecule has 0 spiro atoms. The number of rotatable bonds is 3. The van der Waals surface area contributed by atoms with Gasteiger partial charge >= 0.3 is 0 Å². The minimum absolute atomic E-state index is 0.0597. The van der Waals surface area contributed by atoms with Crippen molar-refractivity contribution in [3.05, 3.63) is 23.2 Å². The van der Waals surface area contributed by atoms with Gasteiger partial charge in [-0.1, -0.05) is 11.6 Å². The minimum Gasteiger partial charge on any atom is -0.495 e. The summed E-state index contributed by atoms with van der Waals surface area (Å²) in [5, 5.41) is 6.49. The second-order valence-electron chi connectivity index (χ2n) is 3.61. The third kappa shape index (κ3) is 3.06. The van der Waals surface area contributed by atoms with Crippen LogP contribution < -0.4 is 15.4 Å². The monoisotopic (exact) mass is 272 g/mol. The molecule has 1 atom stereocenters. The summed E-state index contributed by atoms with van der Waals surface area (Å²) in [5.41, 5.74) is 0.601. The Kier molecular flexibility index (Phi) is 4.15. The number of anilines is 1. The zero-order chi connectivity index (χ0) is 12.3. The Morgan fingerprint density at radius 2 is 2.47 bits per heavy atom. The van der Waals surface area contributed by atoms with Crippen molar-refractivity contribution in [2.24, 2.45) is 0 Å². The second kappa shape index (κ2) is 5.62. The first-order valence-corrected chi connectivity index (χ1v) is 6.69. The summed E-state index contributed by atoms with van der Waals surface area (Å²) in [7, 11) is 1.56. The number of halogens is 1. The van der Waals surface area contributed by atoms with Crippen LogP contribution in [0.5, 0.6) is 5.75 Å². The third-order valence-electron chi connectivity index (χ3n) is 2.45. The lowest BCUT2D eigenvalue weighted by Gasteiger charge is -2.13. The Morgan fingerprint density at radius 1 is 1.65 bits per heavy atom. The van der Waals surface area contributed by atoms with Crippen LogP contribution in [0.2, 0.25) is 5.02 Å². The summed E-state index contributed by atoms with van der Waals surface area (Å²) in [4.78, 5) is 11.9. The Labute approximate surface area is 109 Å². The Morgan fingerprint density at radius 3 is 3.12 bits per heavy atom. The number of methoxy groups -OCH3 is 1. The summed E-state index contributed by atoms with van der Waals surface area (Å²) in [5.74, 6) is 2.14. The van der Waals surface area contributed by atoms with Crippen LogP contribution in [0.3, 0.4) is 0 Å². The molecule has 0 saturated carbocycles. The predicted molar refractivity (Wildman–Crippen MR) is 70.9 cm³/mol. The number of benzene rings is 1. The molecule has 17 heavy (non-hydrogen) atoms. The Balaban J connectivity index is 2.11. The van der Waals surface area contributed by atoms with Crippen molar-refractivity contribution in [3.63, 3.8) is 0 Å². The Hall–Kier alpha value is -0.910. The van der Waals surface area contributed by atoms with Gasteiger partial charge in [-0.3, -0.25) is 10.1 Å². The topological polar surface area (TPSA) is 50.4 Å². The molecular weight excluding hydrogens is 260 g/mol. The number of carbonyl (C=O) groups excluding carboxylic acids is 1. The van der Waals surface area contributed by atoms with Gasteiger partial charge in [0.2, 0.25) is 5.91 Å². The fourth-order valence-corrected chi connectivity index (χ4v) is 2.68. The lowest BCUT2D eigenvalue weighted by atomic mass is 10.2. The maximum absolute atomic E-state index is 11.9. The van der Waals surface area contributed by atoms with Crippen LogP contribution in [0.15, 0.2) is 18.2 Å². The molecule has 1 fully saturated rings. The first kappa shape index (κ1) is 12.5. The van der Waals surface area contributed by atoms with Crippen molar-refractivity contribution in [1.82, 2.24) is 5.32 Å². The number of hydrogen-bond acceptors (Lipinski definition) is 4. The van der Waals surface area contributed by atoms with E-state index in [2.05, 4.69) is 10.6 Å². The van der Waals surface area contributed by atoms with Gasteiger partial charge in [-0.2, -0.15) is 0 Å². The number of hydrogen-bond donors (Lipinski definition) is 2. The fraction of sp³-hybridized carbons (Fsp3) is 0.364. The quantitative estimate of drug-likeness (QED) is 0.883. The van der Waals surface area contributed by atoms with E-state index < -0.39 is 0 Å². The molecule has 92 valence electrons. The van der Waals surface area contributed by atoms with Gasteiger partial charge < -0.3 is 10.1 Å². The van der Waals surface area contributed by atoms with Crippen molar-refractivity contribution in [1.29, 1.82) is 0 Å². The van der Waals surface area contributed by atoms with E-state index in [1.54, 1.807) is 37.1 Å². The standard InChI is InChI=1S/C11H13ClN2O2S/c1-16-10-3-2-7(12)4-8(10)14-11(15)9-5-17-6-13-9/h2-4,9,13H,5-6H2,1H3,(H,14,15). The van der Waals surface area contributed by atoms with E-state index in [0.717, 1.165) is 11.6 Å². The average molecular weight is 273 g/mol. The smallest absolute Gasteiger partial charge is 0.242 e. The van der Waals surface area contributed by atoms with Gasteiger partial charge in [0.05, 0.1) is 18.8 Å². The highest BCUT2D eigenvalue weighted by Crippen LogP contribution is 2.28. The van der Waals surface area contributed by atoms with E-state index in [1.807, 2.05) is 0 Å². The molecule has 1 unspecified atom stereocenters. The maximum Gasteiger partial charge on any atom is 0.242 e. The first-order chi connectivity index (χ1) is 8.20. The minimum atomic E-state index is -0.149. The van der Waals surface area contributed by atoms with Gasteiger partial charge in [-0.25, -0.2) is 0 Å². The van der Waals surface area contributed by atoms with E-state index in [1.165, 1.54) is 0 Å². The molecule has 1 aromatic carbocycles. The van der Waals surface area contributed by atoms with E-state index in [-0.39, 0.29) is 11.9 Å². The van der Waals surface area contributed by atoms with Crippen LogP contribution in [-0.2, 0) is 4.79 Å². The maximum atomic E-state index is 11.9. The normalized spacial score (nSPS) is 19.1. The number of thioether (sulfide) groups is 1. The van der Waals surface area contributed by atoms with Crippen LogP contribution in [0.25, 0.3) is 0 Å². The molecule has 1 aromatic rings. The van der Waals surface area contributed by atoms with Gasteiger partial charge in [-0.05, 0) is 18.2 Å². The summed E-state index contributed by atoms with van der Waals surface area (Å²) < 4.78 is 5.16. The van der Waals surface area contributed by atoms with Crippen molar-refractivity contribution in [3.8, 4) is 5.75 Å². The molecule has 0 aliphatic carbocycles. The molecule has 1 aliphatic heterocycles. The molecule has 1 aliphatic rings. The molecule has 1 heterocycles. The average Bonchev–Trinajstić information content (AvgIpc) is 2.83. The van der Waals surface area contributed by atoms with Gasteiger partial charge in [-0.15, -0.1) is 11.8 Å². The van der Waals surface area contributed by atoms with E-state index in [0.29, 0.717) is 16.5 Å². The molecule has 0 radical (unpaired) electrons. The number of nitrogens with one attached hydrogen (secondary N) is 2. The molecule has 4 nitrogen and oxygen atoms in total. The summed E-state index contributed by atoms with van der Waals surface area (Å²) in [6.45, 7) is 0. The van der Waals surface area contributed by atoms with Gasteiger partial charge in [0, 0.05) is 16.7 Å². The third-order valence-corrected chi connectivity index (χ3v) is 3.63. The van der Waals surface area contributed by atoms with Crippen molar-refractivity contribution < 1.29 is 9.53 Å². The van der Waals surface area contributed by atoms with Crippen LogP contribution in [-0.4, -0.2) is 30.7 Å². The van der Waals surface area contributed by atoms with E-state index in [9.17, 15) is 4.79 Å². The lowest BCUT2D eigenvalue weighted by Crippen LogP contribution is -2.37. The number of amides is 1. The van der Waals surface area contributed by atoms with Crippen LogP contribution in [0, 0.1) is 0 Å². The predicted octanol–water partition coefficient (Wildman–Crippen LogP) is 1.95. The van der Waals surface area contributed by atoms with E-state index >= 15 is 0 Å².